The summed E-state index contributed by atoms with van der Waals surface area (Å²) in [5, 5.41) is 7.65. The minimum absolute atomic E-state index is 0.607. The molecule has 2 saturated carbocycles. The Morgan fingerprint density at radius 3 is 2.45 bits per heavy atom. The van der Waals surface area contributed by atoms with Gasteiger partial charge in [-0.1, -0.05) is 17.3 Å². The fourth-order valence-electron chi connectivity index (χ4n) is 2.91. The van der Waals surface area contributed by atoms with Crippen molar-refractivity contribution in [1.82, 2.24) is 10.1 Å². The van der Waals surface area contributed by atoms with Gasteiger partial charge in [0.1, 0.15) is 0 Å². The summed E-state index contributed by atoms with van der Waals surface area (Å²) in [5.74, 6) is 3.01. The normalized spacial score (nSPS) is 18.5. The topological polar surface area (TPSA) is 51.0 Å². The van der Waals surface area contributed by atoms with Gasteiger partial charge in [-0.05, 0) is 56.6 Å². The monoisotopic (exact) mass is 269 g/mol. The first-order valence-corrected chi connectivity index (χ1v) is 7.47. The molecule has 4 nitrogen and oxygen atoms in total. The van der Waals surface area contributed by atoms with E-state index >= 15 is 0 Å². The highest BCUT2D eigenvalue weighted by atomic mass is 16.5. The van der Waals surface area contributed by atoms with Gasteiger partial charge in [0.2, 0.25) is 0 Å². The van der Waals surface area contributed by atoms with E-state index in [0.29, 0.717) is 17.8 Å². The summed E-state index contributed by atoms with van der Waals surface area (Å²) in [6.07, 6.45) is 5.48. The first-order valence-electron chi connectivity index (χ1n) is 7.47. The van der Waals surface area contributed by atoms with Gasteiger partial charge < -0.3 is 9.84 Å². The molecule has 0 bridgehead atoms. The van der Waals surface area contributed by atoms with Crippen LogP contribution in [-0.4, -0.2) is 16.2 Å². The van der Waals surface area contributed by atoms with Crippen LogP contribution in [0.3, 0.4) is 0 Å². The molecule has 0 aliphatic heterocycles. The molecule has 1 heterocycles. The molecular weight excluding hydrogens is 250 g/mol. The summed E-state index contributed by atoms with van der Waals surface area (Å²) in [6, 6.07) is 8.87. The van der Waals surface area contributed by atoms with Crippen LogP contribution in [-0.2, 0) is 0 Å². The minimum atomic E-state index is 0.607. The number of aryl methyl sites for hydroxylation is 1. The Morgan fingerprint density at radius 1 is 1.15 bits per heavy atom. The van der Waals surface area contributed by atoms with Gasteiger partial charge in [-0.2, -0.15) is 4.98 Å². The number of aromatic nitrogens is 2. The van der Waals surface area contributed by atoms with Crippen LogP contribution in [0.2, 0.25) is 0 Å². The van der Waals surface area contributed by atoms with Crippen LogP contribution in [0.4, 0.5) is 5.69 Å². The molecule has 2 fully saturated rings. The zero-order valence-corrected chi connectivity index (χ0v) is 11.7. The van der Waals surface area contributed by atoms with E-state index in [0.717, 1.165) is 23.1 Å². The molecule has 104 valence electrons. The molecule has 4 rings (SSSR count). The van der Waals surface area contributed by atoms with Crippen LogP contribution in [0.25, 0.3) is 11.5 Å². The summed E-state index contributed by atoms with van der Waals surface area (Å²) in [7, 11) is 0. The van der Waals surface area contributed by atoms with Gasteiger partial charge in [0, 0.05) is 11.7 Å². The molecule has 0 radical (unpaired) electrons. The molecule has 2 aliphatic carbocycles. The van der Waals surface area contributed by atoms with E-state index in [-0.39, 0.29) is 0 Å². The lowest BCUT2D eigenvalue weighted by molar-refractivity contribution is 0.425. The lowest BCUT2D eigenvalue weighted by Crippen LogP contribution is -2.24. The van der Waals surface area contributed by atoms with E-state index in [1.165, 1.54) is 25.7 Å². The van der Waals surface area contributed by atoms with Crippen LogP contribution >= 0.6 is 0 Å². The highest BCUT2D eigenvalue weighted by molar-refractivity contribution is 5.72. The standard InChI is InChI=1S/C16H19N3O/c1-10-17-16(20-19-10)13-4-2-3-5-14(13)18-15(11-6-7-11)12-8-9-12/h2-5,11-12,15,18H,6-9H2,1H3. The zero-order valence-electron chi connectivity index (χ0n) is 11.7. The molecule has 0 saturated heterocycles. The Balaban J connectivity index is 1.63. The average Bonchev–Trinajstić information content (AvgIpc) is 3.36. The number of anilines is 1. The minimum Gasteiger partial charge on any atom is -0.381 e. The Bertz CT molecular complexity index is 602. The van der Waals surface area contributed by atoms with Crippen molar-refractivity contribution in [3.8, 4) is 11.5 Å². The molecule has 2 aromatic rings. The van der Waals surface area contributed by atoms with E-state index in [1.54, 1.807) is 0 Å². The van der Waals surface area contributed by atoms with Crippen molar-refractivity contribution < 1.29 is 4.52 Å². The maximum absolute atomic E-state index is 5.32. The highest BCUT2D eigenvalue weighted by Gasteiger charge is 2.41. The number of nitrogens with zero attached hydrogens (tertiary/aromatic N) is 2. The van der Waals surface area contributed by atoms with Crippen LogP contribution in [0.5, 0.6) is 0 Å². The van der Waals surface area contributed by atoms with Gasteiger partial charge in [-0.15, -0.1) is 0 Å². The Labute approximate surface area is 118 Å². The molecule has 0 amide bonds. The van der Waals surface area contributed by atoms with Crippen LogP contribution in [0.1, 0.15) is 31.5 Å². The molecule has 1 N–H and O–H groups in total. The van der Waals surface area contributed by atoms with Crippen molar-refractivity contribution >= 4 is 5.69 Å². The van der Waals surface area contributed by atoms with Gasteiger partial charge in [0.05, 0.1) is 5.56 Å². The first kappa shape index (κ1) is 11.9. The smallest absolute Gasteiger partial charge is 0.260 e. The van der Waals surface area contributed by atoms with Gasteiger partial charge in [-0.3, -0.25) is 0 Å². The second kappa shape index (κ2) is 4.62. The van der Waals surface area contributed by atoms with E-state index in [9.17, 15) is 0 Å². The SMILES string of the molecule is Cc1noc(-c2ccccc2NC(C2CC2)C2CC2)n1. The lowest BCUT2D eigenvalue weighted by atomic mass is 10.1. The molecule has 0 spiro atoms. The average molecular weight is 269 g/mol. The predicted octanol–water partition coefficient (Wildman–Crippen LogP) is 3.65. The second-order valence-electron chi connectivity index (χ2n) is 6.04. The van der Waals surface area contributed by atoms with Crippen molar-refractivity contribution in [1.29, 1.82) is 0 Å². The third kappa shape index (κ3) is 2.30. The largest absolute Gasteiger partial charge is 0.381 e. The zero-order chi connectivity index (χ0) is 13.5. The van der Waals surface area contributed by atoms with E-state index in [4.69, 9.17) is 4.52 Å². The number of rotatable bonds is 5. The molecule has 0 atom stereocenters. The van der Waals surface area contributed by atoms with Crippen molar-refractivity contribution in [2.24, 2.45) is 11.8 Å². The fourth-order valence-corrected chi connectivity index (χ4v) is 2.91. The van der Waals surface area contributed by atoms with Crippen molar-refractivity contribution in [2.45, 2.75) is 38.6 Å². The predicted molar refractivity (Wildman–Crippen MR) is 77.3 cm³/mol. The summed E-state index contributed by atoms with van der Waals surface area (Å²) >= 11 is 0. The van der Waals surface area contributed by atoms with Crippen molar-refractivity contribution in [3.63, 3.8) is 0 Å². The fraction of sp³-hybridized carbons (Fsp3) is 0.500. The van der Waals surface area contributed by atoms with Crippen LogP contribution < -0.4 is 5.32 Å². The molecule has 1 aromatic carbocycles. The Hall–Kier alpha value is -1.84. The molecule has 1 aromatic heterocycles. The third-order valence-corrected chi connectivity index (χ3v) is 4.27. The van der Waals surface area contributed by atoms with Crippen molar-refractivity contribution in [3.05, 3.63) is 30.1 Å². The second-order valence-corrected chi connectivity index (χ2v) is 6.04. The maximum atomic E-state index is 5.32. The maximum Gasteiger partial charge on any atom is 0.260 e. The van der Waals surface area contributed by atoms with Gasteiger partial charge >= 0.3 is 0 Å². The molecule has 4 heteroatoms. The Morgan fingerprint density at radius 2 is 1.85 bits per heavy atom. The third-order valence-electron chi connectivity index (χ3n) is 4.27. The van der Waals surface area contributed by atoms with Crippen LogP contribution in [0.15, 0.2) is 28.8 Å². The summed E-state index contributed by atoms with van der Waals surface area (Å²) in [4.78, 5) is 4.35. The molecule has 20 heavy (non-hydrogen) atoms. The first-order chi connectivity index (χ1) is 9.81. The number of benzene rings is 1. The molecular formula is C16H19N3O. The van der Waals surface area contributed by atoms with E-state index in [2.05, 4.69) is 27.6 Å². The number of para-hydroxylation sites is 1. The molecule has 0 unspecified atom stereocenters. The lowest BCUT2D eigenvalue weighted by Gasteiger charge is -2.20. The summed E-state index contributed by atoms with van der Waals surface area (Å²) < 4.78 is 5.32. The van der Waals surface area contributed by atoms with Gasteiger partial charge in [-0.25, -0.2) is 0 Å². The molecule has 2 aliphatic rings. The van der Waals surface area contributed by atoms with Gasteiger partial charge in [0.25, 0.3) is 5.89 Å². The Kier molecular flexibility index (Phi) is 2.76. The van der Waals surface area contributed by atoms with E-state index < -0.39 is 0 Å². The quantitative estimate of drug-likeness (QED) is 0.900. The number of nitrogens with one attached hydrogen (secondary N) is 1. The van der Waals surface area contributed by atoms with E-state index in [1.807, 2.05) is 19.1 Å². The summed E-state index contributed by atoms with van der Waals surface area (Å²) in [5.41, 5.74) is 2.14. The summed E-state index contributed by atoms with van der Waals surface area (Å²) in [6.45, 7) is 1.85. The van der Waals surface area contributed by atoms with Crippen LogP contribution in [0, 0.1) is 18.8 Å². The highest BCUT2D eigenvalue weighted by Crippen LogP contribution is 2.46. The van der Waals surface area contributed by atoms with Gasteiger partial charge in [0.15, 0.2) is 5.82 Å². The number of hydrogen-bond donors (Lipinski definition) is 1. The van der Waals surface area contributed by atoms with Crippen molar-refractivity contribution in [2.75, 3.05) is 5.32 Å². The number of hydrogen-bond acceptors (Lipinski definition) is 4.